The van der Waals surface area contributed by atoms with E-state index in [-0.39, 0.29) is 17.7 Å². The summed E-state index contributed by atoms with van der Waals surface area (Å²) in [5.41, 5.74) is 1.77. The number of amides is 1. The molecule has 1 fully saturated rings. The van der Waals surface area contributed by atoms with E-state index in [9.17, 15) is 9.59 Å². The monoisotopic (exact) mass is 274 g/mol. The third kappa shape index (κ3) is 2.84. The van der Waals surface area contributed by atoms with Crippen molar-refractivity contribution in [3.63, 3.8) is 0 Å². The summed E-state index contributed by atoms with van der Waals surface area (Å²) in [6.07, 6.45) is 2.44. The number of rotatable bonds is 4. The first-order valence-electron chi connectivity index (χ1n) is 7.15. The lowest BCUT2D eigenvalue weighted by Crippen LogP contribution is -2.42. The molecule has 0 N–H and O–H groups in total. The number of anilines is 1. The second-order valence-electron chi connectivity index (χ2n) is 5.41. The molecule has 0 radical (unpaired) electrons. The zero-order valence-corrected chi connectivity index (χ0v) is 12.4. The third-order valence-electron chi connectivity index (χ3n) is 3.82. The number of ketones is 1. The van der Waals surface area contributed by atoms with Gasteiger partial charge in [0.15, 0.2) is 5.78 Å². The van der Waals surface area contributed by atoms with Crippen molar-refractivity contribution >= 4 is 17.4 Å². The van der Waals surface area contributed by atoms with E-state index >= 15 is 0 Å². The van der Waals surface area contributed by atoms with Gasteiger partial charge in [-0.2, -0.15) is 0 Å². The molecule has 0 bridgehead atoms. The van der Waals surface area contributed by atoms with Gasteiger partial charge in [-0.15, -0.1) is 0 Å². The number of benzene rings is 1. The van der Waals surface area contributed by atoms with Crippen molar-refractivity contribution in [2.24, 2.45) is 0 Å². The molecule has 2 rings (SSSR count). The first kappa shape index (κ1) is 14.6. The second kappa shape index (κ2) is 6.07. The molecule has 1 aliphatic rings. The zero-order chi connectivity index (χ0) is 14.7. The van der Waals surface area contributed by atoms with Gasteiger partial charge in [-0.05, 0) is 37.1 Å². The van der Waals surface area contributed by atoms with Gasteiger partial charge in [0, 0.05) is 38.3 Å². The molecule has 20 heavy (non-hydrogen) atoms. The number of likely N-dealkylation sites (N-methyl/N-ethyl adjacent to an activating group) is 1. The van der Waals surface area contributed by atoms with Crippen molar-refractivity contribution in [1.29, 1.82) is 0 Å². The average molecular weight is 274 g/mol. The maximum absolute atomic E-state index is 12.2. The van der Waals surface area contributed by atoms with Gasteiger partial charge in [0.1, 0.15) is 6.04 Å². The largest absolute Gasteiger partial charge is 0.360 e. The molecule has 4 heteroatoms. The van der Waals surface area contributed by atoms with E-state index in [0.717, 1.165) is 30.6 Å². The van der Waals surface area contributed by atoms with Gasteiger partial charge in [0.05, 0.1) is 0 Å². The van der Waals surface area contributed by atoms with Crippen LogP contribution in [0.15, 0.2) is 24.3 Å². The summed E-state index contributed by atoms with van der Waals surface area (Å²) < 4.78 is 0. The average Bonchev–Trinajstić information content (AvgIpc) is 2.94. The molecule has 0 aliphatic carbocycles. The van der Waals surface area contributed by atoms with Crippen LogP contribution in [0.3, 0.4) is 0 Å². The Balaban J connectivity index is 2.18. The van der Waals surface area contributed by atoms with Gasteiger partial charge >= 0.3 is 0 Å². The molecule has 0 unspecified atom stereocenters. The Labute approximate surface area is 120 Å². The van der Waals surface area contributed by atoms with Gasteiger partial charge in [0.25, 0.3) is 0 Å². The standard InChI is InChI=1S/C16H22N2O2/c1-4-15(19)12-7-9-13(10-8-12)18-11-5-6-14(18)16(20)17(2)3/h7-10,14H,4-6,11H2,1-3H3/t14-/m1/s1. The summed E-state index contributed by atoms with van der Waals surface area (Å²) in [5.74, 6) is 0.301. The second-order valence-corrected chi connectivity index (χ2v) is 5.41. The van der Waals surface area contributed by atoms with E-state index in [2.05, 4.69) is 4.90 Å². The molecule has 1 aliphatic heterocycles. The fourth-order valence-electron chi connectivity index (χ4n) is 2.67. The Morgan fingerprint density at radius 3 is 2.45 bits per heavy atom. The van der Waals surface area contributed by atoms with Gasteiger partial charge in [-0.1, -0.05) is 6.92 Å². The molecule has 4 nitrogen and oxygen atoms in total. The maximum Gasteiger partial charge on any atom is 0.244 e. The molecular weight excluding hydrogens is 252 g/mol. The van der Waals surface area contributed by atoms with Crippen molar-refractivity contribution in [1.82, 2.24) is 4.90 Å². The molecule has 0 saturated carbocycles. The summed E-state index contributed by atoms with van der Waals surface area (Å²) in [6, 6.07) is 7.54. The third-order valence-corrected chi connectivity index (χ3v) is 3.82. The first-order valence-corrected chi connectivity index (χ1v) is 7.15. The quantitative estimate of drug-likeness (QED) is 0.791. The molecule has 1 aromatic carbocycles. The van der Waals surface area contributed by atoms with Crippen molar-refractivity contribution in [2.75, 3.05) is 25.5 Å². The summed E-state index contributed by atoms with van der Waals surface area (Å²) in [6.45, 7) is 2.76. The molecular formula is C16H22N2O2. The number of carbonyl (C=O) groups excluding carboxylic acids is 2. The Hall–Kier alpha value is -1.84. The predicted molar refractivity (Wildman–Crippen MR) is 80.1 cm³/mol. The van der Waals surface area contributed by atoms with Crippen LogP contribution >= 0.6 is 0 Å². The Kier molecular flexibility index (Phi) is 4.42. The van der Waals surface area contributed by atoms with E-state index in [1.165, 1.54) is 0 Å². The van der Waals surface area contributed by atoms with Crippen molar-refractivity contribution in [2.45, 2.75) is 32.2 Å². The minimum Gasteiger partial charge on any atom is -0.360 e. The van der Waals surface area contributed by atoms with Gasteiger partial charge in [-0.25, -0.2) is 0 Å². The fourth-order valence-corrected chi connectivity index (χ4v) is 2.67. The van der Waals surface area contributed by atoms with Crippen LogP contribution < -0.4 is 4.90 Å². The molecule has 1 amide bonds. The van der Waals surface area contributed by atoms with E-state index in [1.807, 2.05) is 31.2 Å². The SMILES string of the molecule is CCC(=O)c1ccc(N2CCC[C@@H]2C(=O)N(C)C)cc1. The lowest BCUT2D eigenvalue weighted by Gasteiger charge is -2.28. The Bertz CT molecular complexity index is 494. The zero-order valence-electron chi connectivity index (χ0n) is 12.4. The van der Waals surface area contributed by atoms with Crippen LogP contribution in [0.25, 0.3) is 0 Å². The number of nitrogens with zero attached hydrogens (tertiary/aromatic N) is 2. The minimum absolute atomic E-state index is 0.0715. The predicted octanol–water partition coefficient (Wildman–Crippen LogP) is 2.34. The number of Topliss-reactive ketones (excluding diaryl/α,β-unsaturated/α-hetero) is 1. The van der Waals surface area contributed by atoms with E-state index in [0.29, 0.717) is 6.42 Å². The Morgan fingerprint density at radius 2 is 1.90 bits per heavy atom. The van der Waals surface area contributed by atoms with Crippen LogP contribution in [0.5, 0.6) is 0 Å². The van der Waals surface area contributed by atoms with Crippen LogP contribution in [0, 0.1) is 0 Å². The van der Waals surface area contributed by atoms with E-state index in [4.69, 9.17) is 0 Å². The van der Waals surface area contributed by atoms with E-state index < -0.39 is 0 Å². The van der Waals surface area contributed by atoms with Crippen molar-refractivity contribution < 1.29 is 9.59 Å². The molecule has 0 aromatic heterocycles. The number of hydrogen-bond donors (Lipinski definition) is 0. The van der Waals surface area contributed by atoms with Crippen LogP contribution in [0.4, 0.5) is 5.69 Å². The normalized spacial score (nSPS) is 18.1. The summed E-state index contributed by atoms with van der Waals surface area (Å²) in [5, 5.41) is 0. The highest BCUT2D eigenvalue weighted by Gasteiger charge is 2.31. The minimum atomic E-state index is -0.0715. The number of hydrogen-bond acceptors (Lipinski definition) is 3. The molecule has 0 spiro atoms. The molecule has 1 aromatic rings. The van der Waals surface area contributed by atoms with Gasteiger partial charge in [-0.3, -0.25) is 9.59 Å². The molecule has 1 heterocycles. The number of carbonyl (C=O) groups is 2. The molecule has 1 saturated heterocycles. The highest BCUT2D eigenvalue weighted by Crippen LogP contribution is 2.26. The smallest absolute Gasteiger partial charge is 0.244 e. The van der Waals surface area contributed by atoms with Crippen LogP contribution in [0.1, 0.15) is 36.5 Å². The lowest BCUT2D eigenvalue weighted by molar-refractivity contribution is -0.129. The van der Waals surface area contributed by atoms with Crippen LogP contribution in [-0.4, -0.2) is 43.3 Å². The van der Waals surface area contributed by atoms with E-state index in [1.54, 1.807) is 19.0 Å². The molecule has 108 valence electrons. The highest BCUT2D eigenvalue weighted by atomic mass is 16.2. The summed E-state index contributed by atoms with van der Waals surface area (Å²) >= 11 is 0. The van der Waals surface area contributed by atoms with Crippen molar-refractivity contribution in [3.8, 4) is 0 Å². The highest BCUT2D eigenvalue weighted by molar-refractivity contribution is 5.96. The lowest BCUT2D eigenvalue weighted by atomic mass is 10.1. The van der Waals surface area contributed by atoms with Crippen LogP contribution in [-0.2, 0) is 4.79 Å². The maximum atomic E-state index is 12.2. The first-order chi connectivity index (χ1) is 9.54. The summed E-state index contributed by atoms with van der Waals surface area (Å²) in [7, 11) is 3.59. The van der Waals surface area contributed by atoms with Crippen molar-refractivity contribution in [3.05, 3.63) is 29.8 Å². The topological polar surface area (TPSA) is 40.6 Å². The van der Waals surface area contributed by atoms with Gasteiger partial charge < -0.3 is 9.80 Å². The molecule has 1 atom stereocenters. The summed E-state index contributed by atoms with van der Waals surface area (Å²) in [4.78, 5) is 27.6. The fraction of sp³-hybridized carbons (Fsp3) is 0.500. The van der Waals surface area contributed by atoms with Gasteiger partial charge in [0.2, 0.25) is 5.91 Å². The van der Waals surface area contributed by atoms with Crippen LogP contribution in [0.2, 0.25) is 0 Å². The Morgan fingerprint density at radius 1 is 1.25 bits per heavy atom.